The number of anilines is 1. The molecular formula is C13H13NO3. The number of amides is 1. The average molecular weight is 231 g/mol. The molecular weight excluding hydrogens is 218 g/mol. The number of rotatable bonds is 2. The third-order valence-corrected chi connectivity index (χ3v) is 3.70. The summed E-state index contributed by atoms with van der Waals surface area (Å²) >= 11 is 0. The second-order valence-electron chi connectivity index (χ2n) is 4.73. The first kappa shape index (κ1) is 10.3. The maximum Gasteiger partial charge on any atom is 0.303 e. The minimum Gasteiger partial charge on any atom is -0.481 e. The molecule has 1 aromatic rings. The summed E-state index contributed by atoms with van der Waals surface area (Å²) in [5, 5.41) is 8.87. The molecule has 0 saturated carbocycles. The number of carboxylic acid groups (broad SMARTS) is 1. The monoisotopic (exact) mass is 231 g/mol. The molecule has 4 nitrogen and oxygen atoms in total. The quantitative estimate of drug-likeness (QED) is 0.837. The van der Waals surface area contributed by atoms with Crippen molar-refractivity contribution in [3.8, 4) is 0 Å². The molecule has 0 aromatic heterocycles. The van der Waals surface area contributed by atoms with Crippen LogP contribution in [0, 0.1) is 5.92 Å². The highest BCUT2D eigenvalue weighted by Gasteiger charge is 2.45. The zero-order valence-electron chi connectivity index (χ0n) is 9.30. The van der Waals surface area contributed by atoms with Crippen molar-refractivity contribution in [3.63, 3.8) is 0 Å². The highest BCUT2D eigenvalue weighted by Crippen LogP contribution is 2.42. The normalized spacial score (nSPS) is 25.9. The Balaban J connectivity index is 1.93. The van der Waals surface area contributed by atoms with E-state index in [4.69, 9.17) is 5.11 Å². The zero-order chi connectivity index (χ0) is 12.0. The van der Waals surface area contributed by atoms with Gasteiger partial charge in [-0.2, -0.15) is 0 Å². The van der Waals surface area contributed by atoms with Crippen molar-refractivity contribution in [3.05, 3.63) is 29.8 Å². The largest absolute Gasteiger partial charge is 0.481 e. The van der Waals surface area contributed by atoms with Gasteiger partial charge in [-0.05, 0) is 24.0 Å². The molecule has 1 fully saturated rings. The minimum absolute atomic E-state index is 0.0487. The maximum absolute atomic E-state index is 11.9. The van der Waals surface area contributed by atoms with E-state index < -0.39 is 5.97 Å². The molecule has 0 bridgehead atoms. The number of hydrogen-bond acceptors (Lipinski definition) is 2. The number of aliphatic carboxylic acids is 1. The van der Waals surface area contributed by atoms with E-state index in [9.17, 15) is 9.59 Å². The summed E-state index contributed by atoms with van der Waals surface area (Å²) in [6, 6.07) is 7.88. The van der Waals surface area contributed by atoms with Gasteiger partial charge in [-0.15, -0.1) is 0 Å². The number of nitrogens with zero attached hydrogens (tertiary/aromatic N) is 1. The van der Waals surface area contributed by atoms with Crippen LogP contribution in [0.1, 0.15) is 18.4 Å². The molecule has 1 saturated heterocycles. The van der Waals surface area contributed by atoms with Crippen LogP contribution in [0.5, 0.6) is 0 Å². The summed E-state index contributed by atoms with van der Waals surface area (Å²) in [5.74, 6) is -0.806. The van der Waals surface area contributed by atoms with Gasteiger partial charge in [-0.25, -0.2) is 0 Å². The number of carbonyl (C=O) groups is 2. The van der Waals surface area contributed by atoms with Crippen LogP contribution >= 0.6 is 0 Å². The van der Waals surface area contributed by atoms with Gasteiger partial charge in [0.2, 0.25) is 5.91 Å². The Morgan fingerprint density at radius 2 is 2.12 bits per heavy atom. The molecule has 17 heavy (non-hydrogen) atoms. The SMILES string of the molecule is O=C(O)CC1CC(=O)N2c3ccccc3CC12. The van der Waals surface area contributed by atoms with Gasteiger partial charge in [0, 0.05) is 18.2 Å². The van der Waals surface area contributed by atoms with Crippen molar-refractivity contribution in [1.82, 2.24) is 0 Å². The molecule has 2 unspecified atom stereocenters. The molecule has 2 heterocycles. The van der Waals surface area contributed by atoms with Crippen LogP contribution in [-0.4, -0.2) is 23.0 Å². The van der Waals surface area contributed by atoms with E-state index in [1.54, 1.807) is 4.90 Å². The lowest BCUT2D eigenvalue weighted by atomic mass is 9.93. The van der Waals surface area contributed by atoms with E-state index in [0.717, 1.165) is 17.7 Å². The number of hydrogen-bond donors (Lipinski definition) is 1. The van der Waals surface area contributed by atoms with Crippen LogP contribution < -0.4 is 4.90 Å². The summed E-state index contributed by atoms with van der Waals surface area (Å²) in [4.78, 5) is 24.5. The first-order chi connectivity index (χ1) is 8.16. The summed E-state index contributed by atoms with van der Waals surface area (Å²) in [6.07, 6.45) is 1.24. The second kappa shape index (κ2) is 3.58. The number of carboxylic acids is 1. The summed E-state index contributed by atoms with van der Waals surface area (Å²) in [5.41, 5.74) is 2.12. The predicted molar refractivity (Wildman–Crippen MR) is 61.8 cm³/mol. The number of para-hydroxylation sites is 1. The molecule has 1 N–H and O–H groups in total. The lowest BCUT2D eigenvalue weighted by Gasteiger charge is -2.19. The molecule has 2 aliphatic heterocycles. The van der Waals surface area contributed by atoms with Gasteiger partial charge in [0.1, 0.15) is 0 Å². The fourth-order valence-electron chi connectivity index (χ4n) is 3.00. The molecule has 2 aliphatic rings. The molecule has 0 aliphatic carbocycles. The lowest BCUT2D eigenvalue weighted by Crippen LogP contribution is -2.32. The second-order valence-corrected chi connectivity index (χ2v) is 4.73. The molecule has 2 atom stereocenters. The van der Waals surface area contributed by atoms with E-state index in [1.165, 1.54) is 0 Å². The number of carbonyl (C=O) groups excluding carboxylic acids is 1. The van der Waals surface area contributed by atoms with Gasteiger partial charge in [-0.1, -0.05) is 18.2 Å². The topological polar surface area (TPSA) is 57.6 Å². The lowest BCUT2D eigenvalue weighted by molar-refractivity contribution is -0.138. The Bertz CT molecular complexity index is 497. The molecule has 1 aromatic carbocycles. The average Bonchev–Trinajstić information content (AvgIpc) is 2.78. The van der Waals surface area contributed by atoms with Gasteiger partial charge >= 0.3 is 5.97 Å². The van der Waals surface area contributed by atoms with E-state index in [-0.39, 0.29) is 24.3 Å². The molecule has 0 radical (unpaired) electrons. The first-order valence-electron chi connectivity index (χ1n) is 5.78. The van der Waals surface area contributed by atoms with Crippen molar-refractivity contribution in [2.45, 2.75) is 25.3 Å². The Morgan fingerprint density at radius 1 is 1.35 bits per heavy atom. The summed E-state index contributed by atoms with van der Waals surface area (Å²) in [6.45, 7) is 0. The number of benzene rings is 1. The van der Waals surface area contributed by atoms with E-state index in [2.05, 4.69) is 0 Å². The van der Waals surface area contributed by atoms with Crippen molar-refractivity contribution < 1.29 is 14.7 Å². The van der Waals surface area contributed by atoms with E-state index in [1.807, 2.05) is 24.3 Å². The van der Waals surface area contributed by atoms with Gasteiger partial charge in [0.05, 0.1) is 6.42 Å². The molecule has 3 rings (SSSR count). The van der Waals surface area contributed by atoms with Gasteiger partial charge in [-0.3, -0.25) is 9.59 Å². The van der Waals surface area contributed by atoms with Gasteiger partial charge in [0.15, 0.2) is 0 Å². The molecule has 4 heteroatoms. The van der Waals surface area contributed by atoms with Crippen molar-refractivity contribution >= 4 is 17.6 Å². The fourth-order valence-corrected chi connectivity index (χ4v) is 3.00. The molecule has 0 spiro atoms. The van der Waals surface area contributed by atoms with Crippen LogP contribution in [0.4, 0.5) is 5.69 Å². The van der Waals surface area contributed by atoms with Crippen LogP contribution in [0.15, 0.2) is 24.3 Å². The first-order valence-corrected chi connectivity index (χ1v) is 5.78. The third-order valence-electron chi connectivity index (χ3n) is 3.70. The predicted octanol–water partition coefficient (Wildman–Crippen LogP) is 1.44. The Kier molecular flexibility index (Phi) is 2.18. The van der Waals surface area contributed by atoms with Gasteiger partial charge in [0.25, 0.3) is 0 Å². The summed E-state index contributed by atoms with van der Waals surface area (Å²) < 4.78 is 0. The Labute approximate surface area is 98.9 Å². The van der Waals surface area contributed by atoms with Crippen molar-refractivity contribution in [1.29, 1.82) is 0 Å². The Morgan fingerprint density at radius 3 is 2.88 bits per heavy atom. The van der Waals surface area contributed by atoms with E-state index in [0.29, 0.717) is 6.42 Å². The highest BCUT2D eigenvalue weighted by molar-refractivity contribution is 5.99. The fraction of sp³-hybridized carbons (Fsp3) is 0.385. The highest BCUT2D eigenvalue weighted by atomic mass is 16.4. The van der Waals surface area contributed by atoms with E-state index >= 15 is 0 Å². The van der Waals surface area contributed by atoms with Crippen LogP contribution in [-0.2, 0) is 16.0 Å². The summed E-state index contributed by atoms with van der Waals surface area (Å²) in [7, 11) is 0. The smallest absolute Gasteiger partial charge is 0.303 e. The number of fused-ring (bicyclic) bond motifs is 3. The third kappa shape index (κ3) is 1.52. The van der Waals surface area contributed by atoms with Crippen molar-refractivity contribution in [2.24, 2.45) is 5.92 Å². The standard InChI is InChI=1S/C13H13NO3/c15-12-6-9(7-13(16)17)11-5-8-3-1-2-4-10(8)14(11)12/h1-4,9,11H,5-7H2,(H,16,17). The van der Waals surface area contributed by atoms with Crippen molar-refractivity contribution in [2.75, 3.05) is 4.90 Å². The molecule has 88 valence electrons. The van der Waals surface area contributed by atoms with Gasteiger partial charge < -0.3 is 10.0 Å². The van der Waals surface area contributed by atoms with Crippen LogP contribution in [0.2, 0.25) is 0 Å². The minimum atomic E-state index is -0.819. The zero-order valence-corrected chi connectivity index (χ0v) is 9.30. The van der Waals surface area contributed by atoms with Crippen LogP contribution in [0.25, 0.3) is 0 Å². The van der Waals surface area contributed by atoms with Crippen LogP contribution in [0.3, 0.4) is 0 Å². The Hall–Kier alpha value is -1.84. The maximum atomic E-state index is 11.9. The molecule has 1 amide bonds.